The molecule has 0 saturated heterocycles. The number of nitrogens with one attached hydrogen (secondary N) is 1. The molecule has 122 valence electrons. The van der Waals surface area contributed by atoms with Crippen molar-refractivity contribution in [2.45, 2.75) is 44.7 Å². The number of hydrogen-bond acceptors (Lipinski definition) is 5. The lowest BCUT2D eigenvalue weighted by Gasteiger charge is -2.28. The first-order valence-electron chi connectivity index (χ1n) is 7.61. The first-order valence-corrected chi connectivity index (χ1v) is 8.49. The Hall–Kier alpha value is -1.86. The lowest BCUT2D eigenvalue weighted by atomic mass is 9.97. The molecule has 2 aromatic rings. The number of nitro benzene ring substituents is 1. The molecule has 0 aliphatic heterocycles. The van der Waals surface area contributed by atoms with Gasteiger partial charge in [0.25, 0.3) is 5.69 Å². The normalized spacial score (nSPS) is 16.6. The number of halogens is 1. The number of rotatable bonds is 5. The van der Waals surface area contributed by atoms with Crippen LogP contribution in [0.5, 0.6) is 0 Å². The maximum absolute atomic E-state index is 13.5. The van der Waals surface area contributed by atoms with E-state index in [1.165, 1.54) is 12.1 Å². The fourth-order valence-corrected chi connectivity index (χ4v) is 4.19. The van der Waals surface area contributed by atoms with Gasteiger partial charge in [0.1, 0.15) is 10.8 Å². The van der Waals surface area contributed by atoms with Gasteiger partial charge in [-0.3, -0.25) is 10.1 Å². The highest BCUT2D eigenvalue weighted by molar-refractivity contribution is 7.09. The fraction of sp³-hybridized carbons (Fsp3) is 0.438. The topological polar surface area (TPSA) is 68.1 Å². The summed E-state index contributed by atoms with van der Waals surface area (Å²) in [6.45, 7) is 2.22. The van der Waals surface area contributed by atoms with Crippen molar-refractivity contribution < 1.29 is 9.31 Å². The van der Waals surface area contributed by atoms with Crippen LogP contribution in [0.15, 0.2) is 23.6 Å². The molecule has 3 rings (SSSR count). The molecule has 5 nitrogen and oxygen atoms in total. The van der Waals surface area contributed by atoms with Crippen LogP contribution in [0.1, 0.15) is 41.9 Å². The van der Waals surface area contributed by atoms with E-state index >= 15 is 0 Å². The average Bonchev–Trinajstić information content (AvgIpc) is 3.14. The van der Waals surface area contributed by atoms with Crippen molar-refractivity contribution in [2.75, 3.05) is 0 Å². The minimum Gasteiger partial charge on any atom is -0.301 e. The number of nitro groups is 1. The maximum Gasteiger partial charge on any atom is 0.274 e. The number of aryl methyl sites for hydroxylation is 1. The third-order valence-electron chi connectivity index (χ3n) is 4.34. The van der Waals surface area contributed by atoms with Crippen molar-refractivity contribution in [2.24, 2.45) is 0 Å². The minimum atomic E-state index is -0.467. The number of aromatic nitrogens is 1. The monoisotopic (exact) mass is 335 g/mol. The number of nitrogens with zero attached hydrogens (tertiary/aromatic N) is 2. The summed E-state index contributed by atoms with van der Waals surface area (Å²) in [5, 5.41) is 17.6. The molecule has 7 heteroatoms. The molecular weight excluding hydrogens is 317 g/mol. The van der Waals surface area contributed by atoms with Gasteiger partial charge in [-0.05, 0) is 31.9 Å². The van der Waals surface area contributed by atoms with Crippen LogP contribution in [-0.4, -0.2) is 9.91 Å². The molecule has 1 N–H and O–H groups in total. The molecule has 1 saturated carbocycles. The quantitative estimate of drug-likeness (QED) is 0.661. The van der Waals surface area contributed by atoms with Crippen LogP contribution in [0.2, 0.25) is 0 Å². The van der Waals surface area contributed by atoms with Crippen molar-refractivity contribution in [3.63, 3.8) is 0 Å². The lowest BCUT2D eigenvalue weighted by Crippen LogP contribution is -2.39. The van der Waals surface area contributed by atoms with Gasteiger partial charge in [-0.1, -0.05) is 12.8 Å². The molecule has 0 amide bonds. The summed E-state index contributed by atoms with van der Waals surface area (Å²) >= 11 is 1.61. The Morgan fingerprint density at radius 3 is 2.78 bits per heavy atom. The zero-order chi connectivity index (χ0) is 16.4. The summed E-state index contributed by atoms with van der Waals surface area (Å²) < 4.78 is 13.5. The van der Waals surface area contributed by atoms with Crippen molar-refractivity contribution in [3.05, 3.63) is 55.8 Å². The Kier molecular flexibility index (Phi) is 4.41. The van der Waals surface area contributed by atoms with Gasteiger partial charge in [0.05, 0.1) is 10.5 Å². The number of hydrogen-bond donors (Lipinski definition) is 1. The van der Waals surface area contributed by atoms with E-state index in [1.54, 1.807) is 11.3 Å². The highest BCUT2D eigenvalue weighted by Crippen LogP contribution is 2.40. The predicted molar refractivity (Wildman–Crippen MR) is 86.9 cm³/mol. The van der Waals surface area contributed by atoms with E-state index in [0.717, 1.165) is 42.5 Å². The molecule has 1 aliphatic carbocycles. The lowest BCUT2D eigenvalue weighted by molar-refractivity contribution is -0.385. The third kappa shape index (κ3) is 3.25. The van der Waals surface area contributed by atoms with Gasteiger partial charge in [-0.15, -0.1) is 11.3 Å². The van der Waals surface area contributed by atoms with E-state index in [9.17, 15) is 14.5 Å². The Morgan fingerprint density at radius 2 is 2.17 bits per heavy atom. The second-order valence-electron chi connectivity index (χ2n) is 5.97. The maximum atomic E-state index is 13.5. The van der Waals surface area contributed by atoms with Crippen LogP contribution in [0.3, 0.4) is 0 Å². The molecule has 0 unspecified atom stereocenters. The average molecular weight is 335 g/mol. The molecule has 1 aromatic heterocycles. The van der Waals surface area contributed by atoms with Crippen molar-refractivity contribution in [3.8, 4) is 0 Å². The molecule has 1 aliphatic rings. The highest BCUT2D eigenvalue weighted by atomic mass is 32.1. The second-order valence-corrected chi connectivity index (χ2v) is 6.83. The Bertz CT molecular complexity index is 726. The molecule has 1 aromatic carbocycles. The van der Waals surface area contributed by atoms with Crippen LogP contribution >= 0.6 is 11.3 Å². The van der Waals surface area contributed by atoms with Crippen molar-refractivity contribution in [1.29, 1.82) is 0 Å². The molecule has 0 spiro atoms. The fourth-order valence-electron chi connectivity index (χ4n) is 3.16. The molecule has 0 radical (unpaired) electrons. The van der Waals surface area contributed by atoms with Gasteiger partial charge >= 0.3 is 0 Å². The summed E-state index contributed by atoms with van der Waals surface area (Å²) in [6.07, 6.45) is 4.08. The van der Waals surface area contributed by atoms with Gasteiger partial charge in [-0.2, -0.15) is 0 Å². The number of thiazole rings is 1. The summed E-state index contributed by atoms with van der Waals surface area (Å²) in [7, 11) is 0. The van der Waals surface area contributed by atoms with E-state index < -0.39 is 10.7 Å². The van der Waals surface area contributed by atoms with Crippen molar-refractivity contribution in [1.82, 2.24) is 10.3 Å². The molecule has 0 atom stereocenters. The van der Waals surface area contributed by atoms with Crippen molar-refractivity contribution >= 4 is 17.0 Å². The molecule has 1 fully saturated rings. The van der Waals surface area contributed by atoms with E-state index in [2.05, 4.69) is 10.3 Å². The van der Waals surface area contributed by atoms with Crippen LogP contribution in [0, 0.1) is 22.9 Å². The highest BCUT2D eigenvalue weighted by Gasteiger charge is 2.38. The molecule has 0 bridgehead atoms. The minimum absolute atomic E-state index is 0.0534. The van der Waals surface area contributed by atoms with Crippen LogP contribution in [0.4, 0.5) is 10.1 Å². The van der Waals surface area contributed by atoms with Crippen LogP contribution < -0.4 is 5.32 Å². The summed E-state index contributed by atoms with van der Waals surface area (Å²) in [5.41, 5.74) is 1.05. The Labute approximate surface area is 137 Å². The van der Waals surface area contributed by atoms with Gasteiger partial charge in [0, 0.05) is 29.2 Å². The summed E-state index contributed by atoms with van der Waals surface area (Å²) in [4.78, 5) is 15.3. The molecule has 1 heterocycles. The standard InChI is InChI=1S/C16H18FN3O2S/c1-11-10-23-15(19-11)16(6-2-3-7-16)18-9-12-8-13(17)4-5-14(12)20(21)22/h4-5,8,10,18H,2-3,6-7,9H2,1H3. The first-order chi connectivity index (χ1) is 11.0. The van der Waals surface area contributed by atoms with Crippen LogP contribution in [0.25, 0.3) is 0 Å². The van der Waals surface area contributed by atoms with Gasteiger partial charge in [0.15, 0.2) is 0 Å². The zero-order valence-corrected chi connectivity index (χ0v) is 13.7. The number of benzene rings is 1. The first kappa shape index (κ1) is 16.0. The summed E-state index contributed by atoms with van der Waals surface area (Å²) in [6, 6.07) is 3.58. The van der Waals surface area contributed by atoms with Crippen LogP contribution in [-0.2, 0) is 12.1 Å². The van der Waals surface area contributed by atoms with Gasteiger partial charge in [-0.25, -0.2) is 9.37 Å². The largest absolute Gasteiger partial charge is 0.301 e. The summed E-state index contributed by atoms with van der Waals surface area (Å²) in [5.74, 6) is -0.460. The second kappa shape index (κ2) is 6.33. The zero-order valence-electron chi connectivity index (χ0n) is 12.8. The van der Waals surface area contributed by atoms with E-state index in [-0.39, 0.29) is 17.8 Å². The van der Waals surface area contributed by atoms with E-state index in [1.807, 2.05) is 12.3 Å². The van der Waals surface area contributed by atoms with Gasteiger partial charge in [0.2, 0.25) is 0 Å². The third-order valence-corrected chi connectivity index (χ3v) is 5.51. The SMILES string of the molecule is Cc1csc(C2(NCc3cc(F)ccc3[N+](=O)[O-])CCCC2)n1. The molecule has 23 heavy (non-hydrogen) atoms. The Morgan fingerprint density at radius 1 is 1.43 bits per heavy atom. The molecular formula is C16H18FN3O2S. The van der Waals surface area contributed by atoms with E-state index in [4.69, 9.17) is 0 Å². The predicted octanol–water partition coefficient (Wildman–Crippen LogP) is 4.06. The Balaban J connectivity index is 1.86. The smallest absolute Gasteiger partial charge is 0.274 e. The van der Waals surface area contributed by atoms with E-state index in [0.29, 0.717) is 5.56 Å². The van der Waals surface area contributed by atoms with Gasteiger partial charge < -0.3 is 5.32 Å².